The molecule has 0 aromatic carbocycles. The van der Waals surface area contributed by atoms with Crippen molar-refractivity contribution in [1.29, 1.82) is 0 Å². The van der Waals surface area contributed by atoms with Crippen molar-refractivity contribution in [3.8, 4) is 0 Å². The molecular formula is C20H29FN6O6. The summed E-state index contributed by atoms with van der Waals surface area (Å²) in [6, 6.07) is -0.856. The summed E-state index contributed by atoms with van der Waals surface area (Å²) in [7, 11) is 0. The Hall–Kier alpha value is -3.06. The highest BCUT2D eigenvalue weighted by atomic mass is 19.1. The number of H-pyrrole nitrogens is 1. The second-order valence-electron chi connectivity index (χ2n) is 8.03. The van der Waals surface area contributed by atoms with Gasteiger partial charge in [-0.2, -0.15) is 4.98 Å². The summed E-state index contributed by atoms with van der Waals surface area (Å²) >= 11 is 0. The van der Waals surface area contributed by atoms with E-state index in [-0.39, 0.29) is 42.5 Å². The SMILES string of the molecule is CCC(OC(=O)[C@@H](N)[C@@H](C)CC)C(=O)OC[C@H]1O[C@@H](n2cnc3c(=O)[nH]c(N)nc32)C[C@@H]1F. The smallest absolute Gasteiger partial charge is 0.347 e. The van der Waals surface area contributed by atoms with Crippen molar-refractivity contribution < 1.29 is 28.2 Å². The number of imidazole rings is 1. The molecule has 12 nitrogen and oxygen atoms in total. The van der Waals surface area contributed by atoms with Crippen molar-refractivity contribution >= 4 is 29.1 Å². The predicted molar refractivity (Wildman–Crippen MR) is 115 cm³/mol. The van der Waals surface area contributed by atoms with Gasteiger partial charge in [0.25, 0.3) is 5.56 Å². The van der Waals surface area contributed by atoms with Crippen molar-refractivity contribution in [3.63, 3.8) is 0 Å². The highest BCUT2D eigenvalue weighted by molar-refractivity contribution is 5.82. The summed E-state index contributed by atoms with van der Waals surface area (Å²) in [5.74, 6) is -1.72. The lowest BCUT2D eigenvalue weighted by molar-refractivity contribution is -0.172. The first-order chi connectivity index (χ1) is 15.7. The summed E-state index contributed by atoms with van der Waals surface area (Å²) in [5, 5.41) is 0. The van der Waals surface area contributed by atoms with Crippen molar-refractivity contribution in [2.75, 3.05) is 12.3 Å². The number of hydrogen-bond acceptors (Lipinski definition) is 10. The van der Waals surface area contributed by atoms with Crippen LogP contribution in [0.5, 0.6) is 0 Å². The van der Waals surface area contributed by atoms with E-state index in [2.05, 4.69) is 15.0 Å². The number of nitrogens with zero attached hydrogens (tertiary/aromatic N) is 3. The van der Waals surface area contributed by atoms with Gasteiger partial charge >= 0.3 is 11.9 Å². The lowest BCUT2D eigenvalue weighted by Gasteiger charge is -2.21. The van der Waals surface area contributed by atoms with Gasteiger partial charge in [0, 0.05) is 6.42 Å². The first kappa shape index (κ1) is 24.6. The Kier molecular flexibility index (Phi) is 7.64. The second kappa shape index (κ2) is 10.3. The van der Waals surface area contributed by atoms with Crippen LogP contribution in [0, 0.1) is 5.92 Å². The number of halogens is 1. The van der Waals surface area contributed by atoms with Gasteiger partial charge in [0.15, 0.2) is 17.3 Å². The number of anilines is 1. The molecular weight excluding hydrogens is 439 g/mol. The third kappa shape index (κ3) is 5.30. The predicted octanol–water partition coefficient (Wildman–Crippen LogP) is 0.566. The van der Waals surface area contributed by atoms with E-state index in [1.165, 1.54) is 10.9 Å². The van der Waals surface area contributed by atoms with Gasteiger partial charge in [-0.05, 0) is 12.3 Å². The molecule has 1 aliphatic rings. The maximum atomic E-state index is 14.6. The number of alkyl halides is 1. The number of ether oxygens (including phenoxy) is 3. The molecule has 2 aromatic heterocycles. The molecule has 3 rings (SSSR count). The first-order valence-electron chi connectivity index (χ1n) is 10.8. The molecule has 6 atom stereocenters. The molecule has 1 fully saturated rings. The van der Waals surface area contributed by atoms with Gasteiger partial charge < -0.3 is 25.7 Å². The number of carbonyl (C=O) groups excluding carboxylic acids is 2. The molecule has 1 unspecified atom stereocenters. The van der Waals surface area contributed by atoms with Crippen LogP contribution in [-0.2, 0) is 23.8 Å². The molecule has 3 heterocycles. The number of aromatic amines is 1. The Morgan fingerprint density at radius 2 is 2.09 bits per heavy atom. The maximum Gasteiger partial charge on any atom is 0.347 e. The van der Waals surface area contributed by atoms with E-state index < -0.39 is 48.1 Å². The van der Waals surface area contributed by atoms with E-state index in [0.717, 1.165) is 0 Å². The highest BCUT2D eigenvalue weighted by Crippen LogP contribution is 2.32. The van der Waals surface area contributed by atoms with Crippen LogP contribution in [0.4, 0.5) is 10.3 Å². The van der Waals surface area contributed by atoms with Gasteiger partial charge in [0.2, 0.25) is 5.95 Å². The van der Waals surface area contributed by atoms with Crippen LogP contribution in [0.1, 0.15) is 46.3 Å². The van der Waals surface area contributed by atoms with Crippen LogP contribution in [0.3, 0.4) is 0 Å². The summed E-state index contributed by atoms with van der Waals surface area (Å²) in [6.45, 7) is 4.97. The molecule has 0 amide bonds. The maximum absolute atomic E-state index is 14.6. The van der Waals surface area contributed by atoms with Crippen LogP contribution >= 0.6 is 0 Å². The molecule has 0 bridgehead atoms. The van der Waals surface area contributed by atoms with Crippen LogP contribution in [-0.4, -0.2) is 62.5 Å². The minimum Gasteiger partial charge on any atom is -0.460 e. The average molecular weight is 468 g/mol. The Labute approximate surface area is 188 Å². The third-order valence-electron chi connectivity index (χ3n) is 5.73. The topological polar surface area (TPSA) is 177 Å². The molecule has 0 spiro atoms. The number of fused-ring (bicyclic) bond motifs is 1. The van der Waals surface area contributed by atoms with Gasteiger partial charge in [-0.3, -0.25) is 19.1 Å². The first-order valence-corrected chi connectivity index (χ1v) is 10.8. The van der Waals surface area contributed by atoms with Gasteiger partial charge in [-0.15, -0.1) is 0 Å². The van der Waals surface area contributed by atoms with Crippen LogP contribution < -0.4 is 17.0 Å². The fraction of sp³-hybridized carbons (Fsp3) is 0.650. The molecule has 0 saturated carbocycles. The zero-order chi connectivity index (χ0) is 24.3. The molecule has 1 aliphatic heterocycles. The number of aromatic nitrogens is 4. The Balaban J connectivity index is 1.60. The molecule has 33 heavy (non-hydrogen) atoms. The monoisotopic (exact) mass is 468 g/mol. The Morgan fingerprint density at radius 3 is 2.76 bits per heavy atom. The number of nitrogens with two attached hydrogens (primary N) is 2. The highest BCUT2D eigenvalue weighted by Gasteiger charge is 2.39. The number of rotatable bonds is 9. The van der Waals surface area contributed by atoms with E-state index in [1.54, 1.807) is 6.92 Å². The zero-order valence-electron chi connectivity index (χ0n) is 18.7. The summed E-state index contributed by atoms with van der Waals surface area (Å²) in [4.78, 5) is 46.8. The van der Waals surface area contributed by atoms with E-state index >= 15 is 0 Å². The quantitative estimate of drug-likeness (QED) is 0.441. The summed E-state index contributed by atoms with van der Waals surface area (Å²) in [6.07, 6.45) is -2.41. The lowest BCUT2D eigenvalue weighted by Crippen LogP contribution is -2.42. The largest absolute Gasteiger partial charge is 0.460 e. The fourth-order valence-electron chi connectivity index (χ4n) is 3.42. The number of carbonyl (C=O) groups is 2. The van der Waals surface area contributed by atoms with Crippen LogP contribution in [0.2, 0.25) is 0 Å². The Morgan fingerprint density at radius 1 is 1.36 bits per heavy atom. The van der Waals surface area contributed by atoms with Gasteiger partial charge in [-0.1, -0.05) is 27.2 Å². The average Bonchev–Trinajstić information content (AvgIpc) is 3.37. The number of esters is 2. The molecule has 5 N–H and O–H groups in total. The van der Waals surface area contributed by atoms with E-state index in [4.69, 9.17) is 25.7 Å². The second-order valence-corrected chi connectivity index (χ2v) is 8.03. The van der Waals surface area contributed by atoms with E-state index in [9.17, 15) is 18.8 Å². The molecule has 0 aliphatic carbocycles. The lowest BCUT2D eigenvalue weighted by atomic mass is 10.0. The van der Waals surface area contributed by atoms with Gasteiger partial charge in [-0.25, -0.2) is 14.2 Å². The third-order valence-corrected chi connectivity index (χ3v) is 5.73. The number of hydrogen-bond donors (Lipinski definition) is 3. The molecule has 182 valence electrons. The normalized spacial score (nSPS) is 23.2. The van der Waals surface area contributed by atoms with Gasteiger partial charge in [0.1, 0.15) is 31.2 Å². The molecule has 0 radical (unpaired) electrons. The molecule has 1 saturated heterocycles. The molecule has 2 aromatic rings. The molecule has 13 heteroatoms. The summed E-state index contributed by atoms with van der Waals surface area (Å²) < 4.78 is 32.1. The van der Waals surface area contributed by atoms with Crippen molar-refractivity contribution in [1.82, 2.24) is 19.5 Å². The minimum absolute atomic E-state index is 0.0429. The standard InChI is InChI=1S/C20H29FN6O6/c1-4-9(3)14(22)19(30)33-11(5-2)18(29)31-7-12-10(21)6-13(32-12)27-8-24-15-16(27)25-20(23)26-17(15)28/h8-14H,4-7,22H2,1-3H3,(H3,23,25,26,28)/t9-,10-,11?,12+,13+,14-/m0/s1. The number of nitrogens with one attached hydrogen (secondary N) is 1. The van der Waals surface area contributed by atoms with Crippen LogP contribution in [0.15, 0.2) is 11.1 Å². The van der Waals surface area contributed by atoms with Gasteiger partial charge in [0.05, 0.1) is 6.33 Å². The minimum atomic E-state index is -1.46. The zero-order valence-corrected chi connectivity index (χ0v) is 18.7. The van der Waals surface area contributed by atoms with E-state index in [0.29, 0.717) is 6.42 Å². The number of nitrogen functional groups attached to an aromatic ring is 1. The Bertz CT molecular complexity index is 1060. The summed E-state index contributed by atoms with van der Waals surface area (Å²) in [5.41, 5.74) is 11.1. The fourth-order valence-corrected chi connectivity index (χ4v) is 3.42. The van der Waals surface area contributed by atoms with Crippen LogP contribution in [0.25, 0.3) is 11.2 Å². The van der Waals surface area contributed by atoms with Crippen molar-refractivity contribution in [3.05, 3.63) is 16.7 Å². The van der Waals surface area contributed by atoms with Crippen molar-refractivity contribution in [2.45, 2.75) is 70.7 Å². The van der Waals surface area contributed by atoms with E-state index in [1.807, 2.05) is 13.8 Å². The van der Waals surface area contributed by atoms with Crippen molar-refractivity contribution in [2.24, 2.45) is 11.7 Å².